The summed E-state index contributed by atoms with van der Waals surface area (Å²) in [5, 5.41) is 0. The first-order chi connectivity index (χ1) is 0. The van der Waals surface area contributed by atoms with Gasteiger partial charge in [-0.2, -0.15) is 0 Å². The maximum atomic E-state index is 0. The van der Waals surface area contributed by atoms with Crippen LogP contribution in [-0.4, -0.2) is 0 Å². The van der Waals surface area contributed by atoms with Crippen LogP contribution in [0.5, 0.6) is 0 Å². The van der Waals surface area contributed by atoms with Gasteiger partial charge < -0.3 is 44.6 Å². The Labute approximate surface area is 65.6 Å². The molecule has 0 aliphatic rings. The van der Waals surface area contributed by atoms with Crippen molar-refractivity contribution in [3.05, 3.63) is 7.43 Å². The van der Waals surface area contributed by atoms with E-state index in [0.29, 0.717) is 0 Å². The summed E-state index contributed by atoms with van der Waals surface area (Å²) < 4.78 is 0. The van der Waals surface area contributed by atoms with Gasteiger partial charge in [-0.05, 0) is 0 Å². The molecule has 0 amide bonds. The zero-order valence-electron chi connectivity index (χ0n) is 2.45. The van der Waals surface area contributed by atoms with Crippen molar-refractivity contribution in [2.24, 2.45) is 0 Å². The van der Waals surface area contributed by atoms with Crippen molar-refractivity contribution in [3.8, 4) is 0 Å². The summed E-state index contributed by atoms with van der Waals surface area (Å²) in [5.74, 6) is 0. The Bertz CT molecular complexity index is 6.85. The summed E-state index contributed by atoms with van der Waals surface area (Å²) in [6.45, 7) is 0. The second kappa shape index (κ2) is 47.6. The quantitative estimate of drug-likeness (QED) is 0.390. The van der Waals surface area contributed by atoms with Gasteiger partial charge in [0.15, 0.2) is 0 Å². The smallest absolute Gasteiger partial charge is 1.00 e. The minimum atomic E-state index is 0. The van der Waals surface area contributed by atoms with Crippen LogP contribution in [0.15, 0.2) is 0 Å². The van der Waals surface area contributed by atoms with Crippen LogP contribution < -0.4 is 37.2 Å². The van der Waals surface area contributed by atoms with Gasteiger partial charge in [0.1, 0.15) is 0 Å². The van der Waals surface area contributed by atoms with Crippen molar-refractivity contribution < 1.29 is 58.3 Å². The minimum Gasteiger partial charge on any atom is -1.00 e. The van der Waals surface area contributed by atoms with E-state index in [1.165, 1.54) is 0 Å². The summed E-state index contributed by atoms with van der Waals surface area (Å²) in [5.41, 5.74) is 0. The number of halogens is 3. The number of hydrogen-bond donors (Lipinski definition) is 0. The third-order valence-electron chi connectivity index (χ3n) is 0. The van der Waals surface area contributed by atoms with E-state index in [-0.39, 0.29) is 65.7 Å². The van der Waals surface area contributed by atoms with E-state index in [0.717, 1.165) is 0 Å². The van der Waals surface area contributed by atoms with Gasteiger partial charge in [-0.25, -0.2) is 0 Å². The predicted molar refractivity (Wildman–Crippen MR) is 6.41 cm³/mol. The summed E-state index contributed by atoms with van der Waals surface area (Å²) in [6.07, 6.45) is 0. The van der Waals surface area contributed by atoms with Gasteiger partial charge in [0, 0.05) is 0 Å². The molecule has 5 heavy (non-hydrogen) atoms. The van der Waals surface area contributed by atoms with Gasteiger partial charge in [0.2, 0.25) is 0 Å². The number of rotatable bonds is 0. The molecule has 0 N–H and O–H groups in total. The van der Waals surface area contributed by atoms with Gasteiger partial charge in [-0.1, -0.05) is 0 Å². The van der Waals surface area contributed by atoms with Crippen molar-refractivity contribution in [1.29, 1.82) is 0 Å². The molecule has 0 bridgehead atoms. The van der Waals surface area contributed by atoms with E-state index in [1.54, 1.807) is 0 Å². The minimum absolute atomic E-state index is 0. The first-order valence-electron chi connectivity index (χ1n) is 0. The molecular weight excluding hydrogens is 313 g/mol. The molecule has 0 aromatic heterocycles. The van der Waals surface area contributed by atoms with Crippen molar-refractivity contribution in [2.75, 3.05) is 0 Å². The van der Waals surface area contributed by atoms with E-state index in [9.17, 15) is 0 Å². The van der Waals surface area contributed by atoms with Crippen molar-refractivity contribution in [3.63, 3.8) is 0 Å². The molecular formula is CH3Cl3Pt-2. The third kappa shape index (κ3) is 29.0. The van der Waals surface area contributed by atoms with E-state index in [1.807, 2.05) is 0 Å². The average Bonchev–Trinajstić information content (AvgIpc) is 0. The van der Waals surface area contributed by atoms with Gasteiger partial charge in [-0.15, -0.1) is 0 Å². The third-order valence-corrected chi connectivity index (χ3v) is 0. The Morgan fingerprint density at radius 3 is 0.600 bits per heavy atom. The van der Waals surface area contributed by atoms with Crippen molar-refractivity contribution in [2.45, 2.75) is 0 Å². The second-order valence-corrected chi connectivity index (χ2v) is 0. The molecule has 0 spiro atoms. The number of hydrogen-bond acceptors (Lipinski definition) is 0. The monoisotopic (exact) mass is 315 g/mol. The molecule has 0 fully saturated rings. The molecule has 0 aliphatic heterocycles. The van der Waals surface area contributed by atoms with E-state index < -0.39 is 0 Å². The Morgan fingerprint density at radius 2 is 0.600 bits per heavy atom. The molecule has 0 aromatic rings. The first kappa shape index (κ1) is 83.4. The molecule has 0 saturated heterocycles. The Balaban J connectivity index is 0. The van der Waals surface area contributed by atoms with Crippen LogP contribution in [0.2, 0.25) is 0 Å². The summed E-state index contributed by atoms with van der Waals surface area (Å²) in [7, 11) is 0. The largest absolute Gasteiger partial charge is 2.00 e. The van der Waals surface area contributed by atoms with Crippen LogP contribution in [0.1, 0.15) is 0 Å². The molecule has 0 aliphatic carbocycles. The Hall–Kier alpha value is 1.56. The molecule has 40 valence electrons. The van der Waals surface area contributed by atoms with E-state index >= 15 is 0 Å². The topological polar surface area (TPSA) is 0 Å². The van der Waals surface area contributed by atoms with E-state index in [2.05, 4.69) is 0 Å². The van der Waals surface area contributed by atoms with Crippen LogP contribution >= 0.6 is 0 Å². The summed E-state index contributed by atoms with van der Waals surface area (Å²) >= 11 is 0. The van der Waals surface area contributed by atoms with Crippen LogP contribution in [0.4, 0.5) is 0 Å². The summed E-state index contributed by atoms with van der Waals surface area (Å²) in [4.78, 5) is 0. The van der Waals surface area contributed by atoms with Crippen molar-refractivity contribution in [1.82, 2.24) is 0 Å². The molecule has 0 radical (unpaired) electrons. The molecule has 0 heterocycles. The zero-order chi connectivity index (χ0) is 0. The maximum absolute atomic E-state index is 0. The van der Waals surface area contributed by atoms with Crippen LogP contribution in [-0.2, 0) is 21.1 Å². The van der Waals surface area contributed by atoms with Crippen LogP contribution in [0.3, 0.4) is 0 Å². The van der Waals surface area contributed by atoms with E-state index in [4.69, 9.17) is 0 Å². The fraction of sp³-hybridized carbons (Fsp3) is 0. The van der Waals surface area contributed by atoms with Gasteiger partial charge in [0.05, 0.1) is 0 Å². The predicted octanol–water partition coefficient (Wildman–Crippen LogP) is -8.54. The van der Waals surface area contributed by atoms with Gasteiger partial charge >= 0.3 is 21.1 Å². The fourth-order valence-electron chi connectivity index (χ4n) is 0. The zero-order valence-corrected chi connectivity index (χ0v) is 6.99. The fourth-order valence-corrected chi connectivity index (χ4v) is 0. The standard InChI is InChI=1S/CH3.3ClH.Pt/h1H3;3*1H;/q-1;;;;+2/p-3. The normalized spacial score (nSPS) is 0. The van der Waals surface area contributed by atoms with Crippen molar-refractivity contribution >= 4 is 0 Å². The molecule has 0 saturated carbocycles. The van der Waals surface area contributed by atoms with Crippen LogP contribution in [0, 0.1) is 7.43 Å². The second-order valence-electron chi connectivity index (χ2n) is 0. The first-order valence-corrected chi connectivity index (χ1v) is 0. The van der Waals surface area contributed by atoms with Gasteiger partial charge in [-0.3, -0.25) is 0 Å². The summed E-state index contributed by atoms with van der Waals surface area (Å²) in [6, 6.07) is 0. The van der Waals surface area contributed by atoms with Crippen LogP contribution in [0.25, 0.3) is 0 Å². The average molecular weight is 316 g/mol. The Kier molecular flexibility index (Phi) is 794. The molecule has 0 rings (SSSR count). The molecule has 0 unspecified atom stereocenters. The molecule has 4 heteroatoms. The Morgan fingerprint density at radius 1 is 0.600 bits per heavy atom. The molecule has 0 aromatic carbocycles. The molecule has 0 atom stereocenters. The molecule has 0 nitrogen and oxygen atoms in total. The SMILES string of the molecule is [CH3-].[Cl-].[Cl-].[Cl-].[Pt+2]. The van der Waals surface area contributed by atoms with Gasteiger partial charge in [0.25, 0.3) is 0 Å². The maximum Gasteiger partial charge on any atom is 2.00 e.